The van der Waals surface area contributed by atoms with E-state index in [9.17, 15) is 9.90 Å². The van der Waals surface area contributed by atoms with Crippen molar-refractivity contribution in [1.82, 2.24) is 0 Å². The average molecular weight is 545 g/mol. The van der Waals surface area contributed by atoms with Crippen LogP contribution >= 0.6 is 0 Å². The average Bonchev–Trinajstić information content (AvgIpc) is 2.94. The SMILES string of the molecule is CCCCCCCCCCCCCCCCCCCCCCCCCCCC(=O)OCCc1ccc(O)cc1. The third-order valence-corrected chi connectivity index (χ3v) is 8.07. The van der Waals surface area contributed by atoms with Crippen molar-refractivity contribution in [3.8, 4) is 5.75 Å². The first-order chi connectivity index (χ1) is 19.2. The first-order valence-corrected chi connectivity index (χ1v) is 17.2. The minimum atomic E-state index is -0.0807. The van der Waals surface area contributed by atoms with Gasteiger partial charge in [-0.3, -0.25) is 4.79 Å². The topological polar surface area (TPSA) is 46.5 Å². The molecule has 0 heterocycles. The molecule has 1 aromatic rings. The summed E-state index contributed by atoms with van der Waals surface area (Å²) in [5, 5.41) is 9.29. The second kappa shape index (κ2) is 28.0. The quantitative estimate of drug-likeness (QED) is 0.0805. The Balaban J connectivity index is 1.69. The fourth-order valence-electron chi connectivity index (χ4n) is 5.43. The van der Waals surface area contributed by atoms with Crippen LogP contribution in [-0.2, 0) is 16.0 Å². The molecule has 0 aliphatic heterocycles. The van der Waals surface area contributed by atoms with Gasteiger partial charge in [-0.1, -0.05) is 173 Å². The summed E-state index contributed by atoms with van der Waals surface area (Å²) in [5.74, 6) is 0.184. The van der Waals surface area contributed by atoms with E-state index in [4.69, 9.17) is 4.74 Å². The third kappa shape index (κ3) is 25.2. The largest absolute Gasteiger partial charge is 0.508 e. The zero-order valence-corrected chi connectivity index (χ0v) is 25.9. The Bertz CT molecular complexity index is 639. The number of hydrogen-bond acceptors (Lipinski definition) is 3. The van der Waals surface area contributed by atoms with Crippen LogP contribution in [0.5, 0.6) is 5.75 Å². The lowest BCUT2D eigenvalue weighted by Crippen LogP contribution is -2.07. The number of carbonyl (C=O) groups is 1. The van der Waals surface area contributed by atoms with E-state index in [0.717, 1.165) is 18.4 Å². The van der Waals surface area contributed by atoms with Crippen LogP contribution in [0.25, 0.3) is 0 Å². The molecule has 1 N–H and O–H groups in total. The van der Waals surface area contributed by atoms with Crippen LogP contribution < -0.4 is 0 Å². The van der Waals surface area contributed by atoms with Crippen LogP contribution in [0.2, 0.25) is 0 Å². The number of ether oxygens (including phenoxy) is 1. The highest BCUT2D eigenvalue weighted by atomic mass is 16.5. The van der Waals surface area contributed by atoms with E-state index in [0.29, 0.717) is 19.4 Å². The van der Waals surface area contributed by atoms with Gasteiger partial charge in [-0.2, -0.15) is 0 Å². The van der Waals surface area contributed by atoms with Crippen molar-refractivity contribution in [2.24, 2.45) is 0 Å². The Kier molecular flexibility index (Phi) is 25.5. The van der Waals surface area contributed by atoms with Crippen LogP contribution in [-0.4, -0.2) is 17.7 Å². The molecule has 1 aromatic carbocycles. The maximum absolute atomic E-state index is 11.9. The number of phenols is 1. The molecule has 0 atom stereocenters. The molecule has 0 bridgehead atoms. The van der Waals surface area contributed by atoms with Crippen LogP contribution in [0.3, 0.4) is 0 Å². The molecule has 1 rings (SSSR count). The molecular formula is C36H64O3. The smallest absolute Gasteiger partial charge is 0.305 e. The first-order valence-electron chi connectivity index (χ1n) is 17.2. The van der Waals surface area contributed by atoms with Crippen LogP contribution in [0, 0.1) is 0 Å². The summed E-state index contributed by atoms with van der Waals surface area (Å²) in [6, 6.07) is 7.06. The molecule has 0 aliphatic carbocycles. The van der Waals surface area contributed by atoms with Crippen LogP contribution in [0.1, 0.15) is 179 Å². The number of esters is 1. The monoisotopic (exact) mass is 544 g/mol. The number of unbranched alkanes of at least 4 members (excludes halogenated alkanes) is 24. The van der Waals surface area contributed by atoms with Gasteiger partial charge in [-0.15, -0.1) is 0 Å². The Hall–Kier alpha value is -1.51. The molecule has 0 aliphatic rings. The summed E-state index contributed by atoms with van der Waals surface area (Å²) in [5.41, 5.74) is 1.07. The summed E-state index contributed by atoms with van der Waals surface area (Å²) in [4.78, 5) is 11.9. The van der Waals surface area contributed by atoms with E-state index in [2.05, 4.69) is 6.92 Å². The second-order valence-electron chi connectivity index (χ2n) is 11.9. The number of rotatable bonds is 29. The van der Waals surface area contributed by atoms with E-state index in [1.807, 2.05) is 12.1 Å². The van der Waals surface area contributed by atoms with Gasteiger partial charge in [0.2, 0.25) is 0 Å². The summed E-state index contributed by atoms with van der Waals surface area (Å²) in [6.07, 6.45) is 36.0. The fraction of sp³-hybridized carbons (Fsp3) is 0.806. The van der Waals surface area contributed by atoms with Crippen molar-refractivity contribution >= 4 is 5.97 Å². The van der Waals surface area contributed by atoms with Gasteiger partial charge in [0.25, 0.3) is 0 Å². The maximum Gasteiger partial charge on any atom is 0.305 e. The molecule has 0 saturated heterocycles. The molecule has 0 fully saturated rings. The summed E-state index contributed by atoms with van der Waals surface area (Å²) in [7, 11) is 0. The molecule has 0 saturated carbocycles. The lowest BCUT2D eigenvalue weighted by molar-refractivity contribution is -0.143. The Morgan fingerprint density at radius 3 is 1.23 bits per heavy atom. The van der Waals surface area contributed by atoms with Gasteiger partial charge in [0.1, 0.15) is 5.75 Å². The zero-order valence-electron chi connectivity index (χ0n) is 25.9. The Morgan fingerprint density at radius 2 is 0.872 bits per heavy atom. The van der Waals surface area contributed by atoms with Crippen LogP contribution in [0.15, 0.2) is 24.3 Å². The lowest BCUT2D eigenvalue weighted by Gasteiger charge is -2.06. The highest BCUT2D eigenvalue weighted by Gasteiger charge is 2.03. The molecule has 0 spiro atoms. The van der Waals surface area contributed by atoms with E-state index >= 15 is 0 Å². The fourth-order valence-corrected chi connectivity index (χ4v) is 5.43. The summed E-state index contributed by atoms with van der Waals surface area (Å²) in [6.45, 7) is 2.72. The number of benzene rings is 1. The molecule has 3 heteroatoms. The minimum Gasteiger partial charge on any atom is -0.508 e. The summed E-state index contributed by atoms with van der Waals surface area (Å²) >= 11 is 0. The predicted octanol–water partition coefficient (Wildman–Crippen LogP) is 11.6. The Labute approximate surface area is 242 Å². The minimum absolute atomic E-state index is 0.0807. The molecular weight excluding hydrogens is 480 g/mol. The van der Waals surface area contributed by atoms with Crippen molar-refractivity contribution in [2.75, 3.05) is 6.61 Å². The highest BCUT2D eigenvalue weighted by Crippen LogP contribution is 2.16. The van der Waals surface area contributed by atoms with Crippen molar-refractivity contribution < 1.29 is 14.6 Å². The van der Waals surface area contributed by atoms with Crippen molar-refractivity contribution in [2.45, 2.75) is 180 Å². The van der Waals surface area contributed by atoms with Gasteiger partial charge in [-0.25, -0.2) is 0 Å². The molecule has 0 unspecified atom stereocenters. The molecule has 0 radical (unpaired) electrons. The molecule has 0 amide bonds. The van der Waals surface area contributed by atoms with E-state index in [1.165, 1.54) is 148 Å². The molecule has 0 aromatic heterocycles. The molecule has 3 nitrogen and oxygen atoms in total. The van der Waals surface area contributed by atoms with Gasteiger partial charge in [-0.05, 0) is 24.1 Å². The van der Waals surface area contributed by atoms with Gasteiger partial charge >= 0.3 is 5.97 Å². The zero-order chi connectivity index (χ0) is 28.1. The number of aromatic hydroxyl groups is 1. The first kappa shape index (κ1) is 35.5. The van der Waals surface area contributed by atoms with E-state index in [1.54, 1.807) is 12.1 Å². The molecule has 226 valence electrons. The number of phenolic OH excluding ortho intramolecular Hbond substituents is 1. The van der Waals surface area contributed by atoms with Crippen molar-refractivity contribution in [3.63, 3.8) is 0 Å². The van der Waals surface area contributed by atoms with Crippen LogP contribution in [0.4, 0.5) is 0 Å². The van der Waals surface area contributed by atoms with Gasteiger partial charge in [0, 0.05) is 12.8 Å². The Morgan fingerprint density at radius 1 is 0.538 bits per heavy atom. The van der Waals surface area contributed by atoms with E-state index < -0.39 is 0 Å². The maximum atomic E-state index is 11.9. The lowest BCUT2D eigenvalue weighted by atomic mass is 10.0. The number of carbonyl (C=O) groups excluding carboxylic acids is 1. The third-order valence-electron chi connectivity index (χ3n) is 8.07. The van der Waals surface area contributed by atoms with Crippen molar-refractivity contribution in [3.05, 3.63) is 29.8 Å². The highest BCUT2D eigenvalue weighted by molar-refractivity contribution is 5.69. The standard InChI is InChI=1S/C36H64O3/c1-2-3-4-5-6-7-8-9-10-11-12-13-14-15-16-17-18-19-20-21-22-23-24-25-26-27-36(38)39-33-32-34-28-30-35(37)31-29-34/h28-31,37H,2-27,32-33H2,1H3. The predicted molar refractivity (Wildman–Crippen MR) is 168 cm³/mol. The molecule has 39 heavy (non-hydrogen) atoms. The van der Waals surface area contributed by atoms with E-state index in [-0.39, 0.29) is 11.7 Å². The van der Waals surface area contributed by atoms with Gasteiger partial charge < -0.3 is 9.84 Å². The second-order valence-corrected chi connectivity index (χ2v) is 11.9. The summed E-state index contributed by atoms with van der Waals surface area (Å²) < 4.78 is 5.33. The normalized spacial score (nSPS) is 11.2. The number of hydrogen-bond donors (Lipinski definition) is 1. The van der Waals surface area contributed by atoms with Gasteiger partial charge in [0.15, 0.2) is 0 Å². The van der Waals surface area contributed by atoms with Gasteiger partial charge in [0.05, 0.1) is 6.61 Å². The van der Waals surface area contributed by atoms with Crippen molar-refractivity contribution in [1.29, 1.82) is 0 Å².